The van der Waals surface area contributed by atoms with Gasteiger partial charge in [0, 0.05) is 28.9 Å². The molecule has 0 aliphatic carbocycles. The van der Waals surface area contributed by atoms with Crippen LogP contribution in [-0.2, 0) is 0 Å². The molecule has 1 aromatic heterocycles. The number of rotatable bonds is 4. The summed E-state index contributed by atoms with van der Waals surface area (Å²) < 4.78 is 2.10. The predicted molar refractivity (Wildman–Crippen MR) is 105 cm³/mol. The number of aryl methyl sites for hydroxylation is 2. The number of carboxylic acid groups (broad SMARTS) is 1. The Morgan fingerprint density at radius 3 is 2.41 bits per heavy atom. The molecule has 0 unspecified atom stereocenters. The topological polar surface area (TPSA) is 78.4 Å². The zero-order chi connectivity index (χ0) is 19.6. The van der Waals surface area contributed by atoms with E-state index in [0.29, 0.717) is 5.56 Å². The number of nitrogens with zero attached hydrogens (tertiary/aromatic N) is 3. The molecule has 0 saturated carbocycles. The lowest BCUT2D eigenvalue weighted by atomic mass is 10.1. The van der Waals surface area contributed by atoms with Crippen molar-refractivity contribution < 1.29 is 9.90 Å². The minimum atomic E-state index is -0.930. The van der Waals surface area contributed by atoms with E-state index in [1.54, 1.807) is 30.5 Å². The molecule has 0 bridgehead atoms. The van der Waals surface area contributed by atoms with Crippen LogP contribution in [0, 0.1) is 32.1 Å². The number of nitriles is 1. The number of aromatic carboxylic acids is 1. The molecule has 0 amide bonds. The van der Waals surface area contributed by atoms with Crippen LogP contribution in [-0.4, -0.2) is 21.9 Å². The molecule has 1 N–H and O–H groups in total. The molecular weight excluding hydrogens is 338 g/mol. The molecule has 2 aromatic carbocycles. The quantitative estimate of drug-likeness (QED) is 0.686. The smallest absolute Gasteiger partial charge is 0.335 e. The van der Waals surface area contributed by atoms with Crippen molar-refractivity contribution in [1.82, 2.24) is 4.57 Å². The van der Waals surface area contributed by atoms with Crippen LogP contribution in [0.5, 0.6) is 0 Å². The summed E-state index contributed by atoms with van der Waals surface area (Å²) in [5, 5.41) is 18.0. The highest BCUT2D eigenvalue weighted by Gasteiger charge is 2.13. The lowest BCUT2D eigenvalue weighted by Gasteiger charge is -2.13. The molecule has 0 saturated heterocycles. The van der Waals surface area contributed by atoms with Crippen molar-refractivity contribution in [3.8, 4) is 11.8 Å². The van der Waals surface area contributed by atoms with Gasteiger partial charge in [0.15, 0.2) is 0 Å². The Kier molecular flexibility index (Phi) is 4.91. The van der Waals surface area contributed by atoms with E-state index in [1.807, 2.05) is 45.0 Å². The third-order valence-electron chi connectivity index (χ3n) is 4.50. The monoisotopic (exact) mass is 357 g/mol. The SMILES string of the molecule is Cc1cc(C(=O)O)ccc1-n1c(C)cc(C=Nc2ccc(C#N)cc2)c1C. The fourth-order valence-corrected chi connectivity index (χ4v) is 3.09. The van der Waals surface area contributed by atoms with Gasteiger partial charge in [-0.3, -0.25) is 4.99 Å². The second-order valence-electron chi connectivity index (χ2n) is 6.39. The summed E-state index contributed by atoms with van der Waals surface area (Å²) in [6, 6.07) is 16.4. The summed E-state index contributed by atoms with van der Waals surface area (Å²) in [6.45, 7) is 5.93. The van der Waals surface area contributed by atoms with E-state index in [2.05, 4.69) is 15.6 Å². The second-order valence-corrected chi connectivity index (χ2v) is 6.39. The average molecular weight is 357 g/mol. The van der Waals surface area contributed by atoms with Gasteiger partial charge in [0.1, 0.15) is 0 Å². The normalized spacial score (nSPS) is 10.9. The van der Waals surface area contributed by atoms with Gasteiger partial charge in [-0.05, 0) is 74.9 Å². The summed E-state index contributed by atoms with van der Waals surface area (Å²) in [4.78, 5) is 15.7. The summed E-state index contributed by atoms with van der Waals surface area (Å²) in [5.74, 6) is -0.930. The number of carboxylic acids is 1. The molecule has 0 aliphatic heterocycles. The predicted octanol–water partition coefficient (Wildman–Crippen LogP) is 4.72. The standard InChI is InChI=1S/C22H19N3O2/c1-14-10-18(22(26)27)6-9-21(14)25-15(2)11-19(16(25)3)13-24-20-7-4-17(12-23)5-8-20/h4-11,13H,1-3H3,(H,26,27). The number of hydrogen-bond donors (Lipinski definition) is 1. The third-order valence-corrected chi connectivity index (χ3v) is 4.50. The maximum atomic E-state index is 11.2. The average Bonchev–Trinajstić information content (AvgIpc) is 2.94. The van der Waals surface area contributed by atoms with Crippen molar-refractivity contribution in [3.05, 3.63) is 82.2 Å². The Labute approximate surface area is 157 Å². The van der Waals surface area contributed by atoms with Crippen molar-refractivity contribution in [2.24, 2.45) is 4.99 Å². The lowest BCUT2D eigenvalue weighted by molar-refractivity contribution is 0.0697. The van der Waals surface area contributed by atoms with Crippen LogP contribution < -0.4 is 0 Å². The molecule has 1 heterocycles. The first-order valence-corrected chi connectivity index (χ1v) is 8.48. The van der Waals surface area contributed by atoms with E-state index in [9.17, 15) is 4.79 Å². The van der Waals surface area contributed by atoms with Gasteiger partial charge >= 0.3 is 5.97 Å². The van der Waals surface area contributed by atoms with Crippen molar-refractivity contribution >= 4 is 17.9 Å². The van der Waals surface area contributed by atoms with Gasteiger partial charge in [0.05, 0.1) is 22.9 Å². The van der Waals surface area contributed by atoms with E-state index < -0.39 is 5.97 Å². The van der Waals surface area contributed by atoms with Gasteiger partial charge in [-0.1, -0.05) is 0 Å². The summed E-state index contributed by atoms with van der Waals surface area (Å²) >= 11 is 0. The number of aromatic nitrogens is 1. The van der Waals surface area contributed by atoms with E-state index in [4.69, 9.17) is 10.4 Å². The first-order chi connectivity index (χ1) is 12.9. The molecule has 0 aliphatic rings. The van der Waals surface area contributed by atoms with Crippen LogP contribution in [0.25, 0.3) is 5.69 Å². The van der Waals surface area contributed by atoms with E-state index in [-0.39, 0.29) is 5.56 Å². The molecule has 0 atom stereocenters. The van der Waals surface area contributed by atoms with Crippen molar-refractivity contribution in [1.29, 1.82) is 5.26 Å². The molecule has 3 aromatic rings. The Hall–Kier alpha value is -3.65. The van der Waals surface area contributed by atoms with Crippen LogP contribution in [0.2, 0.25) is 0 Å². The molecule has 0 radical (unpaired) electrons. The van der Waals surface area contributed by atoms with Crippen LogP contribution in [0.4, 0.5) is 5.69 Å². The molecular formula is C22H19N3O2. The molecule has 0 fully saturated rings. The highest BCUT2D eigenvalue weighted by Crippen LogP contribution is 2.24. The maximum absolute atomic E-state index is 11.2. The zero-order valence-corrected chi connectivity index (χ0v) is 15.4. The van der Waals surface area contributed by atoms with Gasteiger partial charge in [0.25, 0.3) is 0 Å². The summed E-state index contributed by atoms with van der Waals surface area (Å²) in [6.07, 6.45) is 1.81. The van der Waals surface area contributed by atoms with E-state index in [0.717, 1.165) is 33.9 Å². The van der Waals surface area contributed by atoms with Crippen LogP contribution in [0.15, 0.2) is 53.5 Å². The van der Waals surface area contributed by atoms with Gasteiger partial charge < -0.3 is 9.67 Å². The molecule has 0 spiro atoms. The van der Waals surface area contributed by atoms with Gasteiger partial charge in [-0.25, -0.2) is 4.79 Å². The van der Waals surface area contributed by atoms with Gasteiger partial charge in [-0.2, -0.15) is 5.26 Å². The zero-order valence-electron chi connectivity index (χ0n) is 15.4. The Bertz CT molecular complexity index is 1080. The van der Waals surface area contributed by atoms with Crippen LogP contribution in [0.3, 0.4) is 0 Å². The first kappa shape index (κ1) is 18.2. The Balaban J connectivity index is 1.96. The minimum Gasteiger partial charge on any atom is -0.478 e. The largest absolute Gasteiger partial charge is 0.478 e. The van der Waals surface area contributed by atoms with Crippen molar-refractivity contribution in [3.63, 3.8) is 0 Å². The number of carbonyl (C=O) groups is 1. The maximum Gasteiger partial charge on any atom is 0.335 e. The first-order valence-electron chi connectivity index (χ1n) is 8.48. The van der Waals surface area contributed by atoms with Gasteiger partial charge in [0.2, 0.25) is 0 Å². The van der Waals surface area contributed by atoms with E-state index >= 15 is 0 Å². The molecule has 3 rings (SSSR count). The minimum absolute atomic E-state index is 0.279. The Morgan fingerprint density at radius 1 is 1.11 bits per heavy atom. The number of benzene rings is 2. The number of hydrogen-bond acceptors (Lipinski definition) is 3. The molecule has 5 heteroatoms. The molecule has 134 valence electrons. The van der Waals surface area contributed by atoms with Gasteiger partial charge in [-0.15, -0.1) is 0 Å². The second kappa shape index (κ2) is 7.30. The third kappa shape index (κ3) is 3.65. The van der Waals surface area contributed by atoms with Crippen LogP contribution in [0.1, 0.15) is 38.4 Å². The summed E-state index contributed by atoms with van der Waals surface area (Å²) in [7, 11) is 0. The van der Waals surface area contributed by atoms with Crippen molar-refractivity contribution in [2.75, 3.05) is 0 Å². The fraction of sp³-hybridized carbons (Fsp3) is 0.136. The highest BCUT2D eigenvalue weighted by atomic mass is 16.4. The van der Waals surface area contributed by atoms with Crippen molar-refractivity contribution in [2.45, 2.75) is 20.8 Å². The van der Waals surface area contributed by atoms with E-state index in [1.165, 1.54) is 0 Å². The summed E-state index contributed by atoms with van der Waals surface area (Å²) in [5.41, 5.74) is 6.56. The van der Waals surface area contributed by atoms with Crippen LogP contribution >= 0.6 is 0 Å². The Morgan fingerprint density at radius 2 is 1.81 bits per heavy atom. The molecule has 27 heavy (non-hydrogen) atoms. The molecule has 5 nitrogen and oxygen atoms in total. The number of aliphatic imine (C=N–C) groups is 1. The fourth-order valence-electron chi connectivity index (χ4n) is 3.09. The highest BCUT2D eigenvalue weighted by molar-refractivity contribution is 5.88. The lowest BCUT2D eigenvalue weighted by Crippen LogP contribution is -2.04.